The number of ether oxygens (including phenoxy) is 3. The topological polar surface area (TPSA) is 126 Å². The monoisotopic (exact) mass is 701 g/mol. The molecule has 0 bridgehead atoms. The molecule has 0 saturated carbocycles. The van der Waals surface area contributed by atoms with Crippen LogP contribution >= 0.6 is 0 Å². The molecule has 10 heteroatoms. The van der Waals surface area contributed by atoms with Crippen molar-refractivity contribution in [2.75, 3.05) is 20.8 Å². The van der Waals surface area contributed by atoms with Gasteiger partial charge in [0.2, 0.25) is 11.8 Å². The summed E-state index contributed by atoms with van der Waals surface area (Å²) < 4.78 is 17.4. The third-order valence-electron chi connectivity index (χ3n) is 10.4. The van der Waals surface area contributed by atoms with Gasteiger partial charge in [-0.15, -0.1) is 0 Å². The Kier molecular flexibility index (Phi) is 10.0. The minimum absolute atomic E-state index is 0.227. The number of nitrogens with zero attached hydrogens (tertiary/aromatic N) is 1. The lowest BCUT2D eigenvalue weighted by Gasteiger charge is -2.36. The number of aliphatic hydroxyl groups excluding tert-OH is 1. The van der Waals surface area contributed by atoms with Gasteiger partial charge in [-0.3, -0.25) is 14.4 Å². The molecule has 3 aliphatic rings. The molecule has 2 heterocycles. The van der Waals surface area contributed by atoms with Crippen molar-refractivity contribution in [2.24, 2.45) is 0 Å². The van der Waals surface area contributed by atoms with Crippen LogP contribution in [0.25, 0.3) is 0 Å². The summed E-state index contributed by atoms with van der Waals surface area (Å²) in [6.45, 7) is 0.709. The Hall–Kier alpha value is -5.61. The highest BCUT2D eigenvalue weighted by Gasteiger charge is 2.53. The highest BCUT2D eigenvalue weighted by atomic mass is 16.5. The molecule has 1 spiro atoms. The van der Waals surface area contributed by atoms with Crippen molar-refractivity contribution in [3.63, 3.8) is 0 Å². The Labute approximate surface area is 303 Å². The molecule has 5 atom stereocenters. The third kappa shape index (κ3) is 6.98. The summed E-state index contributed by atoms with van der Waals surface area (Å²) in [4.78, 5) is 44.3. The van der Waals surface area contributed by atoms with Gasteiger partial charge in [-0.2, -0.15) is 0 Å². The lowest BCUT2D eigenvalue weighted by molar-refractivity contribution is -0.137. The first-order chi connectivity index (χ1) is 25.3. The van der Waals surface area contributed by atoms with E-state index in [0.29, 0.717) is 48.7 Å². The average molecular weight is 702 g/mol. The molecule has 4 aromatic rings. The number of hydrogen-bond donors (Lipinski definition) is 3. The number of rotatable bonds is 11. The van der Waals surface area contributed by atoms with Gasteiger partial charge >= 0.3 is 0 Å². The van der Waals surface area contributed by atoms with Crippen molar-refractivity contribution in [1.29, 1.82) is 0 Å². The summed E-state index contributed by atoms with van der Waals surface area (Å²) in [5.74, 6) is 0.783. The van der Waals surface area contributed by atoms with Gasteiger partial charge in [-0.1, -0.05) is 78.9 Å². The summed E-state index contributed by atoms with van der Waals surface area (Å²) in [6.07, 6.45) is 4.42. The van der Waals surface area contributed by atoms with Crippen LogP contribution in [0.4, 0.5) is 0 Å². The number of nitrogens with one attached hydrogen (secondary N) is 2. The molecule has 52 heavy (non-hydrogen) atoms. The molecule has 1 aliphatic carbocycles. The Morgan fingerprint density at radius 3 is 2.19 bits per heavy atom. The van der Waals surface area contributed by atoms with E-state index in [1.54, 1.807) is 43.4 Å². The molecule has 0 radical (unpaired) electrons. The van der Waals surface area contributed by atoms with Crippen molar-refractivity contribution in [1.82, 2.24) is 15.5 Å². The number of benzene rings is 4. The van der Waals surface area contributed by atoms with Gasteiger partial charge < -0.3 is 34.9 Å². The Balaban J connectivity index is 1.18. The Bertz CT molecular complexity index is 1950. The van der Waals surface area contributed by atoms with E-state index in [1.165, 1.54) is 0 Å². The molecular weight excluding hydrogens is 658 g/mol. The summed E-state index contributed by atoms with van der Waals surface area (Å²) in [5, 5.41) is 16.5. The first-order valence-corrected chi connectivity index (χ1v) is 17.6. The Morgan fingerprint density at radius 1 is 0.865 bits per heavy atom. The summed E-state index contributed by atoms with van der Waals surface area (Å²) in [6, 6.07) is 27.7. The lowest BCUT2D eigenvalue weighted by atomic mass is 9.69. The molecule has 3 N–H and O–H groups in total. The largest absolute Gasteiger partial charge is 0.497 e. The first-order valence-electron chi connectivity index (χ1n) is 17.6. The smallest absolute Gasteiger partial charge is 0.251 e. The van der Waals surface area contributed by atoms with Crippen molar-refractivity contribution in [3.8, 4) is 17.2 Å². The fourth-order valence-electron chi connectivity index (χ4n) is 7.71. The van der Waals surface area contributed by atoms with Gasteiger partial charge in [0, 0.05) is 43.5 Å². The number of amides is 3. The first kappa shape index (κ1) is 34.8. The molecule has 268 valence electrons. The second kappa shape index (κ2) is 14.9. The average Bonchev–Trinajstić information content (AvgIpc) is 3.41. The van der Waals surface area contributed by atoms with Crippen LogP contribution in [-0.4, -0.2) is 72.8 Å². The van der Waals surface area contributed by atoms with E-state index < -0.39 is 35.4 Å². The Morgan fingerprint density at radius 2 is 1.54 bits per heavy atom. The van der Waals surface area contributed by atoms with E-state index >= 15 is 0 Å². The molecule has 0 saturated heterocycles. The van der Waals surface area contributed by atoms with Crippen LogP contribution in [0.15, 0.2) is 109 Å². The molecule has 10 nitrogen and oxygen atoms in total. The quantitative estimate of drug-likeness (QED) is 0.196. The summed E-state index contributed by atoms with van der Waals surface area (Å²) >= 11 is 0. The highest BCUT2D eigenvalue weighted by molar-refractivity contribution is 5.98. The number of hydrogen-bond acceptors (Lipinski definition) is 7. The summed E-state index contributed by atoms with van der Waals surface area (Å²) in [7, 11) is 3.16. The van der Waals surface area contributed by atoms with Crippen molar-refractivity contribution in [3.05, 3.63) is 137 Å². The maximum Gasteiger partial charge on any atom is 0.251 e. The maximum absolute atomic E-state index is 14.7. The molecule has 2 aliphatic heterocycles. The minimum Gasteiger partial charge on any atom is -0.497 e. The summed E-state index contributed by atoms with van der Waals surface area (Å²) in [5.41, 5.74) is 3.52. The molecule has 4 aromatic carbocycles. The fourth-order valence-corrected chi connectivity index (χ4v) is 7.71. The minimum atomic E-state index is -0.964. The van der Waals surface area contributed by atoms with Crippen LogP contribution in [0.5, 0.6) is 17.2 Å². The molecule has 0 aromatic heterocycles. The van der Waals surface area contributed by atoms with Gasteiger partial charge in [-0.25, -0.2) is 0 Å². The van der Waals surface area contributed by atoms with Crippen molar-refractivity contribution < 1.29 is 33.7 Å². The molecular formula is C42H43N3O7. The van der Waals surface area contributed by atoms with Crippen molar-refractivity contribution in [2.45, 2.75) is 61.9 Å². The predicted molar refractivity (Wildman–Crippen MR) is 195 cm³/mol. The van der Waals surface area contributed by atoms with E-state index in [0.717, 1.165) is 22.3 Å². The molecule has 0 fully saturated rings. The number of aliphatic hydroxyl groups is 1. The number of methoxy groups -OCH3 is 2. The van der Waals surface area contributed by atoms with Crippen molar-refractivity contribution >= 4 is 17.7 Å². The van der Waals surface area contributed by atoms with E-state index in [-0.39, 0.29) is 24.9 Å². The highest BCUT2D eigenvalue weighted by Crippen LogP contribution is 2.55. The molecule has 3 amide bonds. The van der Waals surface area contributed by atoms with E-state index in [2.05, 4.69) is 10.6 Å². The van der Waals surface area contributed by atoms with Gasteiger partial charge in [-0.05, 0) is 53.4 Å². The predicted octanol–water partition coefficient (Wildman–Crippen LogP) is 4.52. The van der Waals surface area contributed by atoms with Gasteiger partial charge in [0.05, 0.1) is 25.7 Å². The van der Waals surface area contributed by atoms with Gasteiger partial charge in [0.15, 0.2) is 11.5 Å². The van der Waals surface area contributed by atoms with Gasteiger partial charge in [0.1, 0.15) is 23.9 Å². The van der Waals surface area contributed by atoms with Crippen LogP contribution in [0.3, 0.4) is 0 Å². The van der Waals surface area contributed by atoms with Crippen LogP contribution in [0.2, 0.25) is 0 Å². The fraction of sp³-hybridized carbons (Fsp3) is 0.310. The molecule has 7 rings (SSSR count). The van der Waals surface area contributed by atoms with Crippen LogP contribution < -0.4 is 24.8 Å². The SMILES string of the molecule is COc1ccc(C(=O)N[C@@H](Cc2ccccc2)C(=O)N[C@@H](Cc2ccccc2)C(=O)N2CC[C@@]34C=C[C@H](O)C[C@@H]3Oc3c(OC)ccc(c34)C2)cc1. The number of carbonyl (C=O) groups excluding carboxylic acids is 3. The van der Waals surface area contributed by atoms with E-state index in [9.17, 15) is 19.5 Å². The van der Waals surface area contributed by atoms with Gasteiger partial charge in [0.25, 0.3) is 5.91 Å². The van der Waals surface area contributed by atoms with Crippen LogP contribution in [-0.2, 0) is 34.4 Å². The normalized spacial score (nSPS) is 21.0. The zero-order valence-corrected chi connectivity index (χ0v) is 29.3. The second-order valence-electron chi connectivity index (χ2n) is 13.6. The number of carbonyl (C=O) groups is 3. The standard InChI is InChI=1S/C42H43N3O7/c1-50-32-16-13-29(14-17-32)39(47)43-33(23-27-9-5-3-6-10-27)40(48)44-34(24-28-11-7-4-8-12-28)41(49)45-22-21-42-20-19-31(46)25-36(42)52-38-35(51-2)18-15-30(26-45)37(38)42/h3-20,31,33-34,36,46H,21-26H2,1-2H3,(H,43,47)(H,44,48)/t31-,33-,34-,36-,42-/m0/s1. The van der Waals surface area contributed by atoms with E-state index in [1.807, 2.05) is 84.9 Å². The van der Waals surface area contributed by atoms with Crippen LogP contribution in [0.1, 0.15) is 45.5 Å². The zero-order chi connectivity index (χ0) is 36.2. The van der Waals surface area contributed by atoms with Crippen LogP contribution in [0, 0.1) is 0 Å². The van der Waals surface area contributed by atoms with E-state index in [4.69, 9.17) is 14.2 Å². The third-order valence-corrected chi connectivity index (χ3v) is 10.4. The molecule has 0 unspecified atom stereocenters. The lowest BCUT2D eigenvalue weighted by Crippen LogP contribution is -2.55. The maximum atomic E-state index is 14.7. The second-order valence-corrected chi connectivity index (χ2v) is 13.6. The zero-order valence-electron chi connectivity index (χ0n) is 29.3.